The van der Waals surface area contributed by atoms with Crippen molar-refractivity contribution in [3.8, 4) is 5.75 Å². The predicted octanol–water partition coefficient (Wildman–Crippen LogP) is 3.39. The Morgan fingerprint density at radius 2 is 2.05 bits per heavy atom. The van der Waals surface area contributed by atoms with Crippen LogP contribution in [0.5, 0.6) is 5.75 Å². The number of hydrogen-bond acceptors (Lipinski definition) is 3. The lowest BCUT2D eigenvalue weighted by atomic mass is 10.0. The first-order chi connectivity index (χ1) is 9.19. The summed E-state index contributed by atoms with van der Waals surface area (Å²) in [6.07, 6.45) is 1.14. The highest BCUT2D eigenvalue weighted by Gasteiger charge is 2.26. The Balaban J connectivity index is 2.05. The predicted molar refractivity (Wildman–Crippen MR) is 78.3 cm³/mol. The molecule has 1 aliphatic heterocycles. The Morgan fingerprint density at radius 1 is 1.32 bits per heavy atom. The topological polar surface area (TPSA) is 30.5 Å². The normalized spacial score (nSPS) is 20.5. The third-order valence-electron chi connectivity index (χ3n) is 3.23. The molecule has 1 aliphatic rings. The van der Waals surface area contributed by atoms with Crippen LogP contribution in [0.1, 0.15) is 13.3 Å². The van der Waals surface area contributed by atoms with E-state index in [1.165, 1.54) is 0 Å². The number of benzene rings is 1. The van der Waals surface area contributed by atoms with Crippen LogP contribution in [0, 0.1) is 5.92 Å². The Bertz CT molecular complexity index is 388. The molecule has 0 spiro atoms. The third kappa shape index (κ3) is 4.53. The molecule has 0 amide bonds. The highest BCUT2D eigenvalue weighted by molar-refractivity contribution is 6.34. The fourth-order valence-electron chi connectivity index (χ4n) is 2.27. The van der Waals surface area contributed by atoms with Crippen LogP contribution < -0.4 is 10.1 Å². The minimum absolute atomic E-state index is 0.0319. The first-order valence-corrected chi connectivity index (χ1v) is 7.36. The average Bonchev–Trinajstić information content (AvgIpc) is 2.87. The van der Waals surface area contributed by atoms with Gasteiger partial charge in [0.2, 0.25) is 0 Å². The smallest absolute Gasteiger partial charge is 0.126 e. The molecule has 2 rings (SSSR count). The fraction of sp³-hybridized carbons (Fsp3) is 0.571. The molecule has 3 nitrogen and oxygen atoms in total. The van der Waals surface area contributed by atoms with E-state index in [-0.39, 0.29) is 6.10 Å². The van der Waals surface area contributed by atoms with E-state index in [1.54, 1.807) is 18.2 Å². The molecule has 0 unspecified atom stereocenters. The number of ether oxygens (including phenoxy) is 2. The van der Waals surface area contributed by atoms with Gasteiger partial charge in [-0.1, -0.05) is 23.2 Å². The van der Waals surface area contributed by atoms with Crippen LogP contribution in [-0.4, -0.2) is 32.4 Å². The average molecular weight is 304 g/mol. The Morgan fingerprint density at radius 3 is 2.63 bits per heavy atom. The molecular weight excluding hydrogens is 285 g/mol. The molecule has 106 valence electrons. The third-order valence-corrected chi connectivity index (χ3v) is 3.67. The maximum absolute atomic E-state index is 6.03. The number of halogens is 2. The van der Waals surface area contributed by atoms with E-state index in [4.69, 9.17) is 32.7 Å². The number of hydrogen-bond donors (Lipinski definition) is 1. The zero-order valence-electron chi connectivity index (χ0n) is 11.0. The first kappa shape index (κ1) is 14.9. The van der Waals surface area contributed by atoms with Gasteiger partial charge in [-0.05, 0) is 38.1 Å². The van der Waals surface area contributed by atoms with E-state index in [0.717, 1.165) is 19.5 Å². The summed E-state index contributed by atoms with van der Waals surface area (Å²) in [4.78, 5) is 0. The van der Waals surface area contributed by atoms with Gasteiger partial charge in [-0.15, -0.1) is 0 Å². The maximum Gasteiger partial charge on any atom is 0.126 e. The second kappa shape index (κ2) is 7.34. The quantitative estimate of drug-likeness (QED) is 0.874. The lowest BCUT2D eigenvalue weighted by Crippen LogP contribution is -2.33. The van der Waals surface area contributed by atoms with Crippen molar-refractivity contribution in [1.29, 1.82) is 0 Å². The second-order valence-corrected chi connectivity index (χ2v) is 5.55. The highest BCUT2D eigenvalue weighted by atomic mass is 35.5. The number of nitrogens with one attached hydrogen (secondary N) is 1. The van der Waals surface area contributed by atoms with Gasteiger partial charge in [0.05, 0.1) is 6.61 Å². The highest BCUT2D eigenvalue weighted by Crippen LogP contribution is 2.27. The second-order valence-electron chi connectivity index (χ2n) is 4.67. The summed E-state index contributed by atoms with van der Waals surface area (Å²) in [5.41, 5.74) is 0. The van der Waals surface area contributed by atoms with Crippen molar-refractivity contribution < 1.29 is 9.47 Å². The largest absolute Gasteiger partial charge is 0.488 e. The van der Waals surface area contributed by atoms with Crippen LogP contribution >= 0.6 is 23.2 Å². The summed E-state index contributed by atoms with van der Waals surface area (Å²) in [5, 5.41) is 4.52. The van der Waals surface area contributed by atoms with E-state index in [1.807, 2.05) is 6.92 Å². The molecular formula is C14H19Cl2NO2. The molecule has 1 saturated heterocycles. The maximum atomic E-state index is 6.03. The summed E-state index contributed by atoms with van der Waals surface area (Å²) in [6.45, 7) is 5.27. The standard InChI is InChI=1S/C14H19Cl2NO2/c1-2-18-9-14(10-3-4-17-8-10)19-13-6-11(15)5-12(16)7-13/h5-7,10,14,17H,2-4,8-9H2,1H3/t10-,14-/m0/s1. The van der Waals surface area contributed by atoms with Gasteiger partial charge in [-0.3, -0.25) is 0 Å². The molecule has 1 fully saturated rings. The van der Waals surface area contributed by atoms with Crippen molar-refractivity contribution in [3.05, 3.63) is 28.2 Å². The summed E-state index contributed by atoms with van der Waals surface area (Å²) >= 11 is 12.0. The Labute approximate surface area is 124 Å². The van der Waals surface area contributed by atoms with Gasteiger partial charge in [0, 0.05) is 29.1 Å². The van der Waals surface area contributed by atoms with E-state index in [0.29, 0.717) is 34.9 Å². The van der Waals surface area contributed by atoms with Crippen molar-refractivity contribution in [2.45, 2.75) is 19.4 Å². The van der Waals surface area contributed by atoms with Crippen LogP contribution in [-0.2, 0) is 4.74 Å². The van der Waals surface area contributed by atoms with Gasteiger partial charge >= 0.3 is 0 Å². The van der Waals surface area contributed by atoms with E-state index in [2.05, 4.69) is 5.32 Å². The zero-order valence-corrected chi connectivity index (χ0v) is 12.5. The van der Waals surface area contributed by atoms with Gasteiger partial charge in [0.25, 0.3) is 0 Å². The van der Waals surface area contributed by atoms with Gasteiger partial charge in [0.1, 0.15) is 11.9 Å². The minimum Gasteiger partial charge on any atom is -0.488 e. The molecule has 1 N–H and O–H groups in total. The van der Waals surface area contributed by atoms with E-state index in [9.17, 15) is 0 Å². The molecule has 0 radical (unpaired) electrons. The van der Waals surface area contributed by atoms with Crippen molar-refractivity contribution in [2.75, 3.05) is 26.3 Å². The fourth-order valence-corrected chi connectivity index (χ4v) is 2.77. The lowest BCUT2D eigenvalue weighted by molar-refractivity contribution is 0.0291. The van der Waals surface area contributed by atoms with Crippen molar-refractivity contribution >= 4 is 23.2 Å². The van der Waals surface area contributed by atoms with Crippen molar-refractivity contribution in [2.24, 2.45) is 5.92 Å². The van der Waals surface area contributed by atoms with Crippen molar-refractivity contribution in [1.82, 2.24) is 5.32 Å². The summed E-state index contributed by atoms with van der Waals surface area (Å²) in [6, 6.07) is 5.27. The SMILES string of the molecule is CCOC[C@H](Oc1cc(Cl)cc(Cl)c1)[C@H]1CCNC1. The summed E-state index contributed by atoms with van der Waals surface area (Å²) in [5.74, 6) is 1.17. The lowest BCUT2D eigenvalue weighted by Gasteiger charge is -2.24. The molecule has 0 aromatic heterocycles. The van der Waals surface area contributed by atoms with Gasteiger partial charge in [-0.25, -0.2) is 0 Å². The van der Waals surface area contributed by atoms with Gasteiger partial charge in [-0.2, -0.15) is 0 Å². The molecule has 0 aliphatic carbocycles. The summed E-state index contributed by atoms with van der Waals surface area (Å²) in [7, 11) is 0. The van der Waals surface area contributed by atoms with Crippen LogP contribution in [0.3, 0.4) is 0 Å². The van der Waals surface area contributed by atoms with Crippen LogP contribution in [0.25, 0.3) is 0 Å². The van der Waals surface area contributed by atoms with Crippen LogP contribution in [0.15, 0.2) is 18.2 Å². The Kier molecular flexibility index (Phi) is 5.76. The molecule has 1 aromatic rings. The molecule has 1 aromatic carbocycles. The molecule has 1 heterocycles. The van der Waals surface area contributed by atoms with Crippen LogP contribution in [0.2, 0.25) is 10.0 Å². The van der Waals surface area contributed by atoms with Gasteiger partial charge in [0.15, 0.2) is 0 Å². The summed E-state index contributed by atoms with van der Waals surface area (Å²) < 4.78 is 11.6. The molecule has 0 saturated carbocycles. The van der Waals surface area contributed by atoms with E-state index >= 15 is 0 Å². The first-order valence-electron chi connectivity index (χ1n) is 6.60. The minimum atomic E-state index is 0.0319. The van der Waals surface area contributed by atoms with Crippen molar-refractivity contribution in [3.63, 3.8) is 0 Å². The van der Waals surface area contributed by atoms with Crippen LogP contribution in [0.4, 0.5) is 0 Å². The molecule has 19 heavy (non-hydrogen) atoms. The molecule has 0 bridgehead atoms. The van der Waals surface area contributed by atoms with E-state index < -0.39 is 0 Å². The zero-order chi connectivity index (χ0) is 13.7. The monoisotopic (exact) mass is 303 g/mol. The molecule has 5 heteroatoms. The van der Waals surface area contributed by atoms with Gasteiger partial charge < -0.3 is 14.8 Å². The number of rotatable bonds is 6. The Hall–Kier alpha value is -0.480. The molecule has 2 atom stereocenters.